The van der Waals surface area contributed by atoms with Crippen LogP contribution < -0.4 is 0 Å². The maximum absolute atomic E-state index is 8.85. The van der Waals surface area contributed by atoms with Gasteiger partial charge in [-0.1, -0.05) is 13.8 Å². The Hall–Kier alpha value is -0.550. The molecule has 2 nitrogen and oxygen atoms in total. The van der Waals surface area contributed by atoms with E-state index >= 15 is 0 Å². The molecule has 0 bridgehead atoms. The van der Waals surface area contributed by atoms with E-state index in [-0.39, 0.29) is 12.0 Å². The van der Waals surface area contributed by atoms with Crippen LogP contribution in [0.4, 0.5) is 0 Å². The van der Waals surface area contributed by atoms with E-state index in [0.717, 1.165) is 12.8 Å². The highest BCUT2D eigenvalue weighted by Crippen LogP contribution is 2.53. The lowest BCUT2D eigenvalue weighted by atomic mass is 9.55. The summed E-state index contributed by atoms with van der Waals surface area (Å²) in [5.74, 6) is 0. The highest BCUT2D eigenvalue weighted by Gasteiger charge is 2.49. The van der Waals surface area contributed by atoms with E-state index in [9.17, 15) is 0 Å². The van der Waals surface area contributed by atoms with Gasteiger partial charge in [-0.15, -0.1) is 0 Å². The summed E-state index contributed by atoms with van der Waals surface area (Å²) in [5, 5.41) is 17.5. The molecule has 10 heavy (non-hydrogen) atoms. The predicted molar refractivity (Wildman–Crippen MR) is 38.1 cm³/mol. The van der Waals surface area contributed by atoms with Crippen LogP contribution in [0.15, 0.2) is 0 Å². The van der Waals surface area contributed by atoms with Crippen LogP contribution in [-0.4, -0.2) is 11.7 Å². The standard InChI is InChI=1S/C8H13NO/c1-7(2)3-8(4-7,5-9)6-10/h10H,3-4,6H2,1-2H3. The fourth-order valence-corrected chi connectivity index (χ4v) is 2.01. The summed E-state index contributed by atoms with van der Waals surface area (Å²) < 4.78 is 0. The number of aliphatic hydroxyl groups is 1. The second kappa shape index (κ2) is 1.96. The fraction of sp³-hybridized carbons (Fsp3) is 0.875. The highest BCUT2D eigenvalue weighted by molar-refractivity contribution is 5.10. The van der Waals surface area contributed by atoms with E-state index in [1.54, 1.807) is 0 Å². The lowest BCUT2D eigenvalue weighted by molar-refractivity contribution is -0.0101. The third kappa shape index (κ3) is 1.02. The molecule has 0 unspecified atom stereocenters. The van der Waals surface area contributed by atoms with Crippen molar-refractivity contribution in [3.63, 3.8) is 0 Å². The first-order valence-electron chi connectivity index (χ1n) is 3.56. The summed E-state index contributed by atoms with van der Waals surface area (Å²) in [6.45, 7) is 4.27. The van der Waals surface area contributed by atoms with Gasteiger partial charge in [0, 0.05) is 0 Å². The number of nitriles is 1. The van der Waals surface area contributed by atoms with Crippen molar-refractivity contribution in [2.75, 3.05) is 6.61 Å². The maximum atomic E-state index is 8.85. The number of rotatable bonds is 1. The third-order valence-corrected chi connectivity index (χ3v) is 2.17. The molecule has 0 aromatic heterocycles. The van der Waals surface area contributed by atoms with E-state index in [2.05, 4.69) is 19.9 Å². The van der Waals surface area contributed by atoms with Crippen LogP contribution in [0.3, 0.4) is 0 Å². The van der Waals surface area contributed by atoms with Gasteiger partial charge in [-0.05, 0) is 18.3 Å². The lowest BCUT2D eigenvalue weighted by Gasteiger charge is -2.47. The van der Waals surface area contributed by atoms with Crippen LogP contribution in [0.1, 0.15) is 26.7 Å². The lowest BCUT2D eigenvalue weighted by Crippen LogP contribution is -2.44. The summed E-state index contributed by atoms with van der Waals surface area (Å²) in [7, 11) is 0. The molecular weight excluding hydrogens is 126 g/mol. The number of nitrogens with zero attached hydrogens (tertiary/aromatic N) is 1. The molecule has 0 aromatic carbocycles. The minimum Gasteiger partial charge on any atom is -0.395 e. The predicted octanol–water partition coefficient (Wildman–Crippen LogP) is 1.31. The minimum atomic E-state index is -0.399. The molecule has 0 atom stereocenters. The molecule has 0 aromatic rings. The first-order valence-corrected chi connectivity index (χ1v) is 3.56. The topological polar surface area (TPSA) is 44.0 Å². The van der Waals surface area contributed by atoms with Crippen molar-refractivity contribution in [2.24, 2.45) is 10.8 Å². The Kier molecular flexibility index (Phi) is 1.48. The SMILES string of the molecule is CC1(C)CC(C#N)(CO)C1. The van der Waals surface area contributed by atoms with Crippen LogP contribution in [-0.2, 0) is 0 Å². The first-order chi connectivity index (χ1) is 4.54. The molecule has 0 saturated heterocycles. The maximum Gasteiger partial charge on any atom is 0.0814 e. The largest absolute Gasteiger partial charge is 0.395 e. The summed E-state index contributed by atoms with van der Waals surface area (Å²) in [4.78, 5) is 0. The molecule has 1 rings (SSSR count). The van der Waals surface area contributed by atoms with E-state index in [1.165, 1.54) is 0 Å². The Balaban J connectivity index is 2.57. The van der Waals surface area contributed by atoms with Crippen molar-refractivity contribution >= 4 is 0 Å². The van der Waals surface area contributed by atoms with Crippen LogP contribution >= 0.6 is 0 Å². The first kappa shape index (κ1) is 7.56. The molecule has 0 heterocycles. The normalized spacial score (nSPS) is 26.6. The molecule has 2 heteroatoms. The monoisotopic (exact) mass is 139 g/mol. The number of hydrogen-bond donors (Lipinski definition) is 1. The average Bonchev–Trinajstić information content (AvgIpc) is 1.82. The second-order valence-corrected chi connectivity index (χ2v) is 4.07. The second-order valence-electron chi connectivity index (χ2n) is 4.07. The zero-order valence-corrected chi connectivity index (χ0v) is 6.52. The van der Waals surface area contributed by atoms with E-state index in [1.807, 2.05) is 0 Å². The van der Waals surface area contributed by atoms with Gasteiger partial charge < -0.3 is 5.11 Å². The summed E-state index contributed by atoms with van der Waals surface area (Å²) in [6.07, 6.45) is 1.68. The molecule has 1 N–H and O–H groups in total. The Bertz CT molecular complexity index is 170. The van der Waals surface area contributed by atoms with E-state index in [0.29, 0.717) is 0 Å². The van der Waals surface area contributed by atoms with Gasteiger partial charge in [-0.25, -0.2) is 0 Å². The molecule has 0 amide bonds. The molecule has 56 valence electrons. The highest BCUT2D eigenvalue weighted by atomic mass is 16.3. The smallest absolute Gasteiger partial charge is 0.0814 e. The van der Waals surface area contributed by atoms with Gasteiger partial charge in [0.15, 0.2) is 0 Å². The zero-order valence-electron chi connectivity index (χ0n) is 6.52. The van der Waals surface area contributed by atoms with Crippen molar-refractivity contribution in [3.05, 3.63) is 0 Å². The van der Waals surface area contributed by atoms with Crippen LogP contribution in [0.2, 0.25) is 0 Å². The molecule has 1 aliphatic rings. The Morgan fingerprint density at radius 1 is 1.50 bits per heavy atom. The fourth-order valence-electron chi connectivity index (χ4n) is 2.01. The average molecular weight is 139 g/mol. The Labute approximate surface area is 61.5 Å². The zero-order chi connectivity index (χ0) is 7.83. The summed E-state index contributed by atoms with van der Waals surface area (Å²) in [5.41, 5.74) is -0.123. The molecule has 0 radical (unpaired) electrons. The van der Waals surface area contributed by atoms with Gasteiger partial charge >= 0.3 is 0 Å². The number of aliphatic hydroxyl groups excluding tert-OH is 1. The molecule has 0 spiro atoms. The molecule has 0 aliphatic heterocycles. The molecule has 1 saturated carbocycles. The van der Waals surface area contributed by atoms with Gasteiger partial charge in [0.2, 0.25) is 0 Å². The van der Waals surface area contributed by atoms with Gasteiger partial charge in [0.05, 0.1) is 18.1 Å². The van der Waals surface area contributed by atoms with Crippen molar-refractivity contribution in [2.45, 2.75) is 26.7 Å². The Morgan fingerprint density at radius 3 is 2.10 bits per heavy atom. The summed E-state index contributed by atoms with van der Waals surface area (Å²) >= 11 is 0. The molecule has 1 aliphatic carbocycles. The van der Waals surface area contributed by atoms with Crippen LogP contribution in [0.25, 0.3) is 0 Å². The van der Waals surface area contributed by atoms with Crippen molar-refractivity contribution in [1.29, 1.82) is 5.26 Å². The molecular formula is C8H13NO. The van der Waals surface area contributed by atoms with Crippen molar-refractivity contribution in [1.82, 2.24) is 0 Å². The quantitative estimate of drug-likeness (QED) is 0.595. The van der Waals surface area contributed by atoms with Crippen molar-refractivity contribution < 1.29 is 5.11 Å². The van der Waals surface area contributed by atoms with Gasteiger partial charge in [0.1, 0.15) is 0 Å². The van der Waals surface area contributed by atoms with Crippen molar-refractivity contribution in [3.8, 4) is 6.07 Å². The van der Waals surface area contributed by atoms with Gasteiger partial charge in [0.25, 0.3) is 0 Å². The molecule has 1 fully saturated rings. The van der Waals surface area contributed by atoms with E-state index < -0.39 is 5.41 Å². The van der Waals surface area contributed by atoms with Crippen LogP contribution in [0, 0.1) is 22.2 Å². The third-order valence-electron chi connectivity index (χ3n) is 2.17. The number of hydrogen-bond acceptors (Lipinski definition) is 2. The summed E-state index contributed by atoms with van der Waals surface area (Å²) in [6, 6.07) is 2.17. The van der Waals surface area contributed by atoms with Gasteiger partial charge in [-0.3, -0.25) is 0 Å². The van der Waals surface area contributed by atoms with Crippen LogP contribution in [0.5, 0.6) is 0 Å². The van der Waals surface area contributed by atoms with Gasteiger partial charge in [-0.2, -0.15) is 5.26 Å². The minimum absolute atomic E-state index is 0.0208. The van der Waals surface area contributed by atoms with E-state index in [4.69, 9.17) is 10.4 Å². The Morgan fingerprint density at radius 2 is 2.00 bits per heavy atom.